The number of anilines is 1. The SMILES string of the molecule is COc1ccc(C=NNc2ccc(C(F)(F)F)cc2[N+](=O)[O-])cc1O. The van der Waals surface area contributed by atoms with Crippen LogP contribution in [0.25, 0.3) is 0 Å². The number of phenols is 1. The number of alkyl halides is 3. The molecule has 0 aromatic heterocycles. The summed E-state index contributed by atoms with van der Waals surface area (Å²) < 4.78 is 42.8. The van der Waals surface area contributed by atoms with Crippen molar-refractivity contribution in [2.75, 3.05) is 12.5 Å². The van der Waals surface area contributed by atoms with Gasteiger partial charge in [0, 0.05) is 6.07 Å². The molecule has 0 heterocycles. The van der Waals surface area contributed by atoms with E-state index < -0.39 is 22.4 Å². The van der Waals surface area contributed by atoms with Gasteiger partial charge in [-0.2, -0.15) is 18.3 Å². The maximum atomic E-state index is 12.6. The van der Waals surface area contributed by atoms with Crippen LogP contribution in [-0.4, -0.2) is 23.4 Å². The summed E-state index contributed by atoms with van der Waals surface area (Å²) >= 11 is 0. The molecular formula is C15H12F3N3O4. The third-order valence-corrected chi connectivity index (χ3v) is 3.12. The van der Waals surface area contributed by atoms with E-state index in [1.54, 1.807) is 6.07 Å². The largest absolute Gasteiger partial charge is 0.504 e. The molecule has 0 bridgehead atoms. The highest BCUT2D eigenvalue weighted by Crippen LogP contribution is 2.35. The Bertz CT molecular complexity index is 822. The molecule has 0 radical (unpaired) electrons. The fourth-order valence-electron chi connectivity index (χ4n) is 1.92. The Morgan fingerprint density at radius 2 is 2.00 bits per heavy atom. The smallest absolute Gasteiger partial charge is 0.416 e. The number of benzene rings is 2. The number of hydrogen-bond donors (Lipinski definition) is 2. The van der Waals surface area contributed by atoms with Crippen molar-refractivity contribution < 1.29 is 27.9 Å². The number of methoxy groups -OCH3 is 1. The van der Waals surface area contributed by atoms with Crippen LogP contribution in [0.15, 0.2) is 41.5 Å². The second kappa shape index (κ2) is 7.07. The fraction of sp³-hybridized carbons (Fsp3) is 0.133. The Morgan fingerprint density at radius 3 is 2.56 bits per heavy atom. The summed E-state index contributed by atoms with van der Waals surface area (Å²) in [5.74, 6) is 0.121. The van der Waals surface area contributed by atoms with Crippen LogP contribution < -0.4 is 10.2 Å². The minimum atomic E-state index is -4.69. The number of nitrogens with zero attached hydrogens (tertiary/aromatic N) is 2. The Kier molecular flexibility index (Phi) is 5.11. The van der Waals surface area contributed by atoms with Gasteiger partial charge in [0.05, 0.1) is 23.8 Å². The Morgan fingerprint density at radius 1 is 1.28 bits per heavy atom. The van der Waals surface area contributed by atoms with E-state index in [0.717, 1.165) is 6.07 Å². The second-order valence-electron chi connectivity index (χ2n) is 4.79. The van der Waals surface area contributed by atoms with Gasteiger partial charge < -0.3 is 9.84 Å². The number of nitrogens with one attached hydrogen (secondary N) is 1. The monoisotopic (exact) mass is 355 g/mol. The maximum Gasteiger partial charge on any atom is 0.416 e. The van der Waals surface area contributed by atoms with Crippen molar-refractivity contribution in [3.05, 3.63) is 57.6 Å². The lowest BCUT2D eigenvalue weighted by atomic mass is 10.1. The highest BCUT2D eigenvalue weighted by molar-refractivity contribution is 5.81. The molecule has 0 saturated carbocycles. The number of nitro benzene ring substituents is 1. The number of ether oxygens (including phenoxy) is 1. The number of nitro groups is 1. The van der Waals surface area contributed by atoms with E-state index in [1.165, 1.54) is 25.5 Å². The normalized spacial score (nSPS) is 11.5. The predicted octanol–water partition coefficient (Wildman–Crippen LogP) is 3.77. The molecule has 2 aromatic rings. The van der Waals surface area contributed by atoms with Gasteiger partial charge in [0.15, 0.2) is 11.5 Å². The molecule has 2 N–H and O–H groups in total. The number of rotatable bonds is 5. The van der Waals surface area contributed by atoms with Gasteiger partial charge in [-0.3, -0.25) is 15.5 Å². The van der Waals surface area contributed by atoms with Crippen LogP contribution in [-0.2, 0) is 6.18 Å². The van der Waals surface area contributed by atoms with Gasteiger partial charge in [-0.25, -0.2) is 0 Å². The van der Waals surface area contributed by atoms with Crippen LogP contribution in [0.4, 0.5) is 24.5 Å². The summed E-state index contributed by atoms with van der Waals surface area (Å²) in [5.41, 5.74) is 0.670. The van der Waals surface area contributed by atoms with E-state index in [2.05, 4.69) is 10.5 Å². The topological polar surface area (TPSA) is 97.0 Å². The first-order chi connectivity index (χ1) is 11.7. The van der Waals surface area contributed by atoms with Gasteiger partial charge in [0.25, 0.3) is 5.69 Å². The van der Waals surface area contributed by atoms with Crippen molar-refractivity contribution in [1.29, 1.82) is 0 Å². The zero-order chi connectivity index (χ0) is 18.6. The molecule has 0 unspecified atom stereocenters. The second-order valence-corrected chi connectivity index (χ2v) is 4.79. The number of phenolic OH excluding ortho intramolecular Hbond substituents is 1. The molecule has 7 nitrogen and oxygen atoms in total. The molecule has 0 aliphatic carbocycles. The standard InChI is InChI=1S/C15H12F3N3O4/c1-25-14-5-2-9(6-13(14)22)8-19-20-11-4-3-10(15(16,17)18)7-12(11)21(23)24/h2-8,20,22H,1H3. The van der Waals surface area contributed by atoms with Crippen molar-refractivity contribution in [1.82, 2.24) is 0 Å². The summed E-state index contributed by atoms with van der Waals surface area (Å²) in [5, 5.41) is 24.3. The Balaban J connectivity index is 2.22. The summed E-state index contributed by atoms with van der Waals surface area (Å²) in [4.78, 5) is 10.0. The fourth-order valence-corrected chi connectivity index (χ4v) is 1.92. The highest BCUT2D eigenvalue weighted by Gasteiger charge is 2.33. The molecule has 0 spiro atoms. The molecule has 0 aliphatic heterocycles. The van der Waals surface area contributed by atoms with Crippen molar-refractivity contribution in [2.45, 2.75) is 6.18 Å². The summed E-state index contributed by atoms with van der Waals surface area (Å²) in [7, 11) is 1.38. The van der Waals surface area contributed by atoms with Gasteiger partial charge in [-0.15, -0.1) is 0 Å². The number of aromatic hydroxyl groups is 1. The number of hydrazone groups is 1. The first kappa shape index (κ1) is 18.0. The Hall–Kier alpha value is -3.30. The van der Waals surface area contributed by atoms with Gasteiger partial charge in [0.1, 0.15) is 5.69 Å². The van der Waals surface area contributed by atoms with E-state index >= 15 is 0 Å². The van der Waals surface area contributed by atoms with E-state index in [0.29, 0.717) is 17.7 Å². The number of hydrogen-bond acceptors (Lipinski definition) is 6. The molecule has 0 atom stereocenters. The molecule has 0 aliphatic rings. The lowest BCUT2D eigenvalue weighted by molar-refractivity contribution is -0.384. The molecule has 2 rings (SSSR count). The first-order valence-electron chi connectivity index (χ1n) is 6.74. The Labute approximate surface area is 139 Å². The molecule has 25 heavy (non-hydrogen) atoms. The van der Waals surface area contributed by atoms with Crippen molar-refractivity contribution in [3.8, 4) is 11.5 Å². The zero-order valence-corrected chi connectivity index (χ0v) is 12.7. The van der Waals surface area contributed by atoms with Gasteiger partial charge in [-0.05, 0) is 35.9 Å². The van der Waals surface area contributed by atoms with E-state index in [-0.39, 0.29) is 17.2 Å². The van der Waals surface area contributed by atoms with Crippen LogP contribution in [0.3, 0.4) is 0 Å². The minimum absolute atomic E-state index is 0.132. The van der Waals surface area contributed by atoms with Crippen LogP contribution in [0.1, 0.15) is 11.1 Å². The van der Waals surface area contributed by atoms with Crippen LogP contribution in [0.2, 0.25) is 0 Å². The summed E-state index contributed by atoms with van der Waals surface area (Å²) in [6.45, 7) is 0. The van der Waals surface area contributed by atoms with Gasteiger partial charge >= 0.3 is 6.18 Å². The van der Waals surface area contributed by atoms with Crippen LogP contribution in [0, 0.1) is 10.1 Å². The average Bonchev–Trinajstić information content (AvgIpc) is 2.54. The quantitative estimate of drug-likeness (QED) is 0.483. The van der Waals surface area contributed by atoms with Gasteiger partial charge in [-0.1, -0.05) is 0 Å². The molecule has 2 aromatic carbocycles. The summed E-state index contributed by atoms with van der Waals surface area (Å²) in [6.07, 6.45) is -3.45. The van der Waals surface area contributed by atoms with E-state index in [1.807, 2.05) is 0 Å². The number of halogens is 3. The van der Waals surface area contributed by atoms with Crippen LogP contribution >= 0.6 is 0 Å². The third kappa shape index (κ3) is 4.37. The van der Waals surface area contributed by atoms with Gasteiger partial charge in [0.2, 0.25) is 0 Å². The van der Waals surface area contributed by atoms with E-state index in [4.69, 9.17) is 4.74 Å². The highest BCUT2D eigenvalue weighted by atomic mass is 19.4. The molecule has 0 fully saturated rings. The first-order valence-corrected chi connectivity index (χ1v) is 6.74. The van der Waals surface area contributed by atoms with E-state index in [9.17, 15) is 28.4 Å². The predicted molar refractivity (Wildman–Crippen MR) is 84.0 cm³/mol. The zero-order valence-electron chi connectivity index (χ0n) is 12.7. The lowest BCUT2D eigenvalue weighted by Crippen LogP contribution is -2.06. The molecular weight excluding hydrogens is 343 g/mol. The minimum Gasteiger partial charge on any atom is -0.504 e. The molecule has 0 amide bonds. The third-order valence-electron chi connectivity index (χ3n) is 3.12. The van der Waals surface area contributed by atoms with Crippen molar-refractivity contribution in [3.63, 3.8) is 0 Å². The maximum absolute atomic E-state index is 12.6. The molecule has 0 saturated heterocycles. The van der Waals surface area contributed by atoms with Crippen LogP contribution in [0.5, 0.6) is 11.5 Å². The van der Waals surface area contributed by atoms with Crippen molar-refractivity contribution in [2.24, 2.45) is 5.10 Å². The molecule has 132 valence electrons. The van der Waals surface area contributed by atoms with Crippen molar-refractivity contribution >= 4 is 17.6 Å². The lowest BCUT2D eigenvalue weighted by Gasteiger charge is -2.08. The average molecular weight is 355 g/mol. The summed E-state index contributed by atoms with van der Waals surface area (Å²) in [6, 6.07) is 6.44. The molecule has 10 heteroatoms.